The van der Waals surface area contributed by atoms with E-state index in [0.717, 1.165) is 18.5 Å². The van der Waals surface area contributed by atoms with E-state index in [0.29, 0.717) is 23.5 Å². The third-order valence-corrected chi connectivity index (χ3v) is 4.77. The largest absolute Gasteiger partial charge is 0.431 e. The molecule has 2 heterocycles. The van der Waals surface area contributed by atoms with Crippen molar-refractivity contribution in [3.05, 3.63) is 29.8 Å². The lowest BCUT2D eigenvalue weighted by atomic mass is 9.70. The number of aromatic nitrogens is 3. The zero-order valence-corrected chi connectivity index (χ0v) is 15.0. The minimum absolute atomic E-state index is 0.0890. The maximum absolute atomic E-state index is 12.5. The Labute approximate surface area is 150 Å². The third-order valence-electron chi connectivity index (χ3n) is 4.77. The lowest BCUT2D eigenvalue weighted by Crippen LogP contribution is -2.41. The van der Waals surface area contributed by atoms with E-state index in [4.69, 9.17) is 10.5 Å². The van der Waals surface area contributed by atoms with Crippen molar-refractivity contribution in [1.82, 2.24) is 15.0 Å². The van der Waals surface area contributed by atoms with Gasteiger partial charge in [0.2, 0.25) is 0 Å². The Balaban J connectivity index is 1.94. The standard InChI is InChI=1S/C18H22F2N4O2/c1-4-15-23-12(6-13(24-15)11-7-18(2,8-11)25-3)10-5-14(26-17(19)20)16(21)22-9-10/h5-6,9,11,17H,4,7-8H2,1-3H3,(H2,21,22). The summed E-state index contributed by atoms with van der Waals surface area (Å²) in [5, 5.41) is 0. The van der Waals surface area contributed by atoms with Gasteiger partial charge in [-0.2, -0.15) is 8.78 Å². The number of anilines is 1. The smallest absolute Gasteiger partial charge is 0.387 e. The van der Waals surface area contributed by atoms with E-state index in [1.165, 1.54) is 12.3 Å². The number of pyridine rings is 1. The molecule has 0 amide bonds. The zero-order valence-electron chi connectivity index (χ0n) is 15.0. The highest BCUT2D eigenvalue weighted by Crippen LogP contribution is 2.46. The molecule has 0 atom stereocenters. The van der Waals surface area contributed by atoms with Crippen molar-refractivity contribution in [2.45, 2.75) is 51.2 Å². The van der Waals surface area contributed by atoms with Crippen LogP contribution in [0.25, 0.3) is 11.3 Å². The molecular formula is C18H22F2N4O2. The van der Waals surface area contributed by atoms with Gasteiger partial charge in [0.1, 0.15) is 5.82 Å². The molecule has 6 nitrogen and oxygen atoms in total. The third kappa shape index (κ3) is 3.75. The molecule has 0 radical (unpaired) electrons. The second-order valence-electron chi connectivity index (χ2n) is 6.69. The van der Waals surface area contributed by atoms with Crippen LogP contribution in [0.15, 0.2) is 18.3 Å². The van der Waals surface area contributed by atoms with Crippen LogP contribution in [-0.4, -0.2) is 34.3 Å². The van der Waals surface area contributed by atoms with Gasteiger partial charge >= 0.3 is 6.61 Å². The average molecular weight is 364 g/mol. The molecule has 0 aliphatic heterocycles. The first-order valence-electron chi connectivity index (χ1n) is 8.47. The maximum atomic E-state index is 12.5. The topological polar surface area (TPSA) is 83.2 Å². The molecule has 140 valence electrons. The summed E-state index contributed by atoms with van der Waals surface area (Å²) >= 11 is 0. The van der Waals surface area contributed by atoms with Crippen molar-refractivity contribution in [1.29, 1.82) is 0 Å². The van der Waals surface area contributed by atoms with Gasteiger partial charge in [-0.15, -0.1) is 0 Å². The molecular weight excluding hydrogens is 342 g/mol. The van der Waals surface area contributed by atoms with E-state index in [1.54, 1.807) is 7.11 Å². The van der Waals surface area contributed by atoms with Crippen LogP contribution >= 0.6 is 0 Å². The van der Waals surface area contributed by atoms with E-state index in [-0.39, 0.29) is 23.1 Å². The molecule has 0 spiro atoms. The van der Waals surface area contributed by atoms with Crippen molar-refractivity contribution in [3.8, 4) is 17.0 Å². The second kappa shape index (κ2) is 7.11. The van der Waals surface area contributed by atoms with E-state index < -0.39 is 6.61 Å². The molecule has 1 fully saturated rings. The van der Waals surface area contributed by atoms with Crippen LogP contribution in [-0.2, 0) is 11.2 Å². The molecule has 1 aliphatic carbocycles. The van der Waals surface area contributed by atoms with Gasteiger partial charge in [0, 0.05) is 36.9 Å². The van der Waals surface area contributed by atoms with Crippen LogP contribution in [0.2, 0.25) is 0 Å². The first kappa shape index (κ1) is 18.4. The lowest BCUT2D eigenvalue weighted by molar-refractivity contribution is -0.0699. The highest BCUT2D eigenvalue weighted by molar-refractivity contribution is 5.64. The summed E-state index contributed by atoms with van der Waals surface area (Å²) in [6.45, 7) is 1.07. The summed E-state index contributed by atoms with van der Waals surface area (Å²) in [6.07, 6.45) is 3.92. The number of hydrogen-bond acceptors (Lipinski definition) is 6. The first-order valence-corrected chi connectivity index (χ1v) is 8.47. The number of nitrogens with two attached hydrogens (primary N) is 1. The summed E-state index contributed by atoms with van der Waals surface area (Å²) in [5.74, 6) is 0.724. The lowest BCUT2D eigenvalue weighted by Gasteiger charge is -2.43. The minimum atomic E-state index is -2.97. The number of halogens is 2. The number of hydrogen-bond donors (Lipinski definition) is 1. The Morgan fingerprint density at radius 3 is 2.65 bits per heavy atom. The molecule has 2 aromatic rings. The Kier molecular flexibility index (Phi) is 5.04. The van der Waals surface area contributed by atoms with Crippen LogP contribution < -0.4 is 10.5 Å². The van der Waals surface area contributed by atoms with E-state index in [9.17, 15) is 8.78 Å². The Hall–Kier alpha value is -2.35. The predicted molar refractivity (Wildman–Crippen MR) is 93.1 cm³/mol. The van der Waals surface area contributed by atoms with Crippen LogP contribution in [0.4, 0.5) is 14.6 Å². The predicted octanol–water partition coefficient (Wildman–Crippen LogP) is 3.57. The van der Waals surface area contributed by atoms with Crippen LogP contribution in [0, 0.1) is 0 Å². The van der Waals surface area contributed by atoms with Crippen molar-refractivity contribution < 1.29 is 18.3 Å². The van der Waals surface area contributed by atoms with Gasteiger partial charge in [-0.3, -0.25) is 0 Å². The zero-order chi connectivity index (χ0) is 18.9. The molecule has 8 heteroatoms. The first-order chi connectivity index (χ1) is 12.3. The molecule has 1 saturated carbocycles. The number of methoxy groups -OCH3 is 1. The Morgan fingerprint density at radius 1 is 1.31 bits per heavy atom. The van der Waals surface area contributed by atoms with Crippen molar-refractivity contribution in [2.24, 2.45) is 0 Å². The van der Waals surface area contributed by atoms with Crippen molar-refractivity contribution >= 4 is 5.82 Å². The molecule has 2 N–H and O–H groups in total. The average Bonchev–Trinajstić information content (AvgIpc) is 2.60. The monoisotopic (exact) mass is 364 g/mol. The van der Waals surface area contributed by atoms with Gasteiger partial charge in [0.15, 0.2) is 11.6 Å². The molecule has 0 aromatic carbocycles. The molecule has 3 rings (SSSR count). The van der Waals surface area contributed by atoms with Crippen LogP contribution in [0.5, 0.6) is 5.75 Å². The van der Waals surface area contributed by atoms with Crippen molar-refractivity contribution in [2.75, 3.05) is 12.8 Å². The number of nitrogens with zero attached hydrogens (tertiary/aromatic N) is 3. The van der Waals surface area contributed by atoms with Gasteiger partial charge in [-0.1, -0.05) is 6.92 Å². The highest BCUT2D eigenvalue weighted by atomic mass is 19.3. The fraction of sp³-hybridized carbons (Fsp3) is 0.500. The molecule has 0 unspecified atom stereocenters. The summed E-state index contributed by atoms with van der Waals surface area (Å²) in [6, 6.07) is 3.30. The van der Waals surface area contributed by atoms with Gasteiger partial charge in [-0.25, -0.2) is 15.0 Å². The van der Waals surface area contributed by atoms with Crippen molar-refractivity contribution in [3.63, 3.8) is 0 Å². The Bertz CT molecular complexity index is 795. The maximum Gasteiger partial charge on any atom is 0.387 e. The fourth-order valence-electron chi connectivity index (χ4n) is 3.18. The fourth-order valence-corrected chi connectivity index (χ4v) is 3.18. The molecule has 26 heavy (non-hydrogen) atoms. The van der Waals surface area contributed by atoms with Crippen LogP contribution in [0.3, 0.4) is 0 Å². The second-order valence-corrected chi connectivity index (χ2v) is 6.69. The van der Waals surface area contributed by atoms with E-state index in [1.807, 2.05) is 13.0 Å². The number of rotatable bonds is 6. The summed E-state index contributed by atoms with van der Waals surface area (Å²) in [5.41, 5.74) is 7.59. The summed E-state index contributed by atoms with van der Waals surface area (Å²) in [4.78, 5) is 13.1. The molecule has 2 aromatic heterocycles. The highest BCUT2D eigenvalue weighted by Gasteiger charge is 2.42. The molecule has 1 aliphatic rings. The number of nitrogen functional groups attached to an aromatic ring is 1. The van der Waals surface area contributed by atoms with E-state index in [2.05, 4.69) is 26.6 Å². The van der Waals surface area contributed by atoms with Gasteiger partial charge < -0.3 is 15.2 Å². The SMILES string of the molecule is CCc1nc(-c2cnc(N)c(OC(F)F)c2)cc(C2CC(C)(OC)C2)n1. The molecule has 0 bridgehead atoms. The van der Waals surface area contributed by atoms with Gasteiger partial charge in [-0.05, 0) is 31.9 Å². The number of alkyl halides is 2. The van der Waals surface area contributed by atoms with Gasteiger partial charge in [0.25, 0.3) is 0 Å². The minimum Gasteiger partial charge on any atom is -0.431 e. The van der Waals surface area contributed by atoms with Crippen LogP contribution in [0.1, 0.15) is 44.1 Å². The summed E-state index contributed by atoms with van der Waals surface area (Å²) in [7, 11) is 1.71. The molecule has 0 saturated heterocycles. The Morgan fingerprint density at radius 2 is 2.04 bits per heavy atom. The number of ether oxygens (including phenoxy) is 2. The van der Waals surface area contributed by atoms with E-state index >= 15 is 0 Å². The quantitative estimate of drug-likeness (QED) is 0.844. The normalized spacial score (nSPS) is 22.3. The number of aryl methyl sites for hydroxylation is 1. The van der Waals surface area contributed by atoms with Gasteiger partial charge in [0.05, 0.1) is 11.3 Å². The summed E-state index contributed by atoms with van der Waals surface area (Å²) < 4.78 is 35.0.